The SMILES string of the molecule is O=C(NO)C1(S(=O)(=O)c2ccc(-c3cnc(-n4cccc4)cn3)cc2)CCOCC1. The first-order valence-corrected chi connectivity index (χ1v) is 10.8. The van der Waals surface area contributed by atoms with Gasteiger partial charge in [-0.3, -0.25) is 15.0 Å². The zero-order valence-corrected chi connectivity index (χ0v) is 16.7. The maximum absolute atomic E-state index is 13.3. The van der Waals surface area contributed by atoms with E-state index < -0.39 is 20.5 Å². The highest BCUT2D eigenvalue weighted by atomic mass is 32.2. The Labute approximate surface area is 173 Å². The summed E-state index contributed by atoms with van der Waals surface area (Å²) in [5, 5.41) is 9.12. The third kappa shape index (κ3) is 3.38. The quantitative estimate of drug-likeness (QED) is 0.469. The molecule has 0 unspecified atom stereocenters. The van der Waals surface area contributed by atoms with Crippen LogP contribution in [0.25, 0.3) is 17.1 Å². The van der Waals surface area contributed by atoms with Crippen LogP contribution in [0.2, 0.25) is 0 Å². The molecule has 0 bridgehead atoms. The van der Waals surface area contributed by atoms with Crippen LogP contribution in [0.3, 0.4) is 0 Å². The molecule has 30 heavy (non-hydrogen) atoms. The molecule has 2 aromatic heterocycles. The van der Waals surface area contributed by atoms with E-state index >= 15 is 0 Å². The lowest BCUT2D eigenvalue weighted by Gasteiger charge is -2.34. The summed E-state index contributed by atoms with van der Waals surface area (Å²) in [6, 6.07) is 9.89. The van der Waals surface area contributed by atoms with E-state index in [2.05, 4.69) is 9.97 Å². The summed E-state index contributed by atoms with van der Waals surface area (Å²) in [6.45, 7) is 0.238. The zero-order chi connectivity index (χ0) is 21.2. The van der Waals surface area contributed by atoms with E-state index in [4.69, 9.17) is 9.94 Å². The van der Waals surface area contributed by atoms with Crippen LogP contribution in [-0.2, 0) is 19.4 Å². The highest BCUT2D eigenvalue weighted by molar-refractivity contribution is 7.93. The van der Waals surface area contributed by atoms with Crippen molar-refractivity contribution in [3.05, 3.63) is 61.2 Å². The first kappa shape index (κ1) is 20.2. The molecule has 3 heterocycles. The van der Waals surface area contributed by atoms with Crippen molar-refractivity contribution in [2.24, 2.45) is 0 Å². The van der Waals surface area contributed by atoms with Gasteiger partial charge < -0.3 is 9.30 Å². The van der Waals surface area contributed by atoms with Crippen molar-refractivity contribution in [3.63, 3.8) is 0 Å². The first-order chi connectivity index (χ1) is 14.5. The minimum Gasteiger partial charge on any atom is -0.381 e. The van der Waals surface area contributed by atoms with Gasteiger partial charge in [0.05, 0.1) is 23.0 Å². The molecule has 1 fully saturated rings. The van der Waals surface area contributed by atoms with Crippen molar-refractivity contribution >= 4 is 15.7 Å². The molecule has 1 saturated heterocycles. The number of aromatic nitrogens is 3. The lowest BCUT2D eigenvalue weighted by atomic mass is 9.98. The maximum Gasteiger partial charge on any atom is 0.265 e. The van der Waals surface area contributed by atoms with E-state index in [1.807, 2.05) is 29.1 Å². The van der Waals surface area contributed by atoms with Gasteiger partial charge >= 0.3 is 0 Å². The fraction of sp³-hybridized carbons (Fsp3) is 0.250. The van der Waals surface area contributed by atoms with E-state index in [9.17, 15) is 13.2 Å². The van der Waals surface area contributed by atoms with Gasteiger partial charge in [-0.1, -0.05) is 12.1 Å². The molecule has 4 rings (SSSR count). The molecule has 2 N–H and O–H groups in total. The summed E-state index contributed by atoms with van der Waals surface area (Å²) in [6.07, 6.45) is 6.89. The molecule has 1 amide bonds. The average Bonchev–Trinajstić information content (AvgIpc) is 3.34. The molecule has 0 atom stereocenters. The van der Waals surface area contributed by atoms with Crippen LogP contribution in [0.15, 0.2) is 66.1 Å². The molecule has 0 aliphatic carbocycles. The largest absolute Gasteiger partial charge is 0.381 e. The Hall–Kier alpha value is -3.08. The Morgan fingerprint density at radius 1 is 1.07 bits per heavy atom. The molecular formula is C20H20N4O5S. The van der Waals surface area contributed by atoms with Gasteiger partial charge in [-0.15, -0.1) is 0 Å². The second-order valence-electron chi connectivity index (χ2n) is 6.93. The van der Waals surface area contributed by atoms with Crippen molar-refractivity contribution < 1.29 is 23.2 Å². The second kappa shape index (κ2) is 7.98. The standard InChI is InChI=1S/C20H20N4O5S/c25-19(23-26)20(7-11-29-12-8-20)30(27,28)16-5-3-15(4-6-16)17-13-22-18(14-21-17)24-9-1-2-10-24/h1-6,9-10,13-14,26H,7-8,11-12H2,(H,23,25). The summed E-state index contributed by atoms with van der Waals surface area (Å²) in [5.41, 5.74) is 2.79. The lowest BCUT2D eigenvalue weighted by molar-refractivity contribution is -0.134. The predicted octanol–water partition coefficient (Wildman–Crippen LogP) is 1.76. The summed E-state index contributed by atoms with van der Waals surface area (Å²) in [7, 11) is -4.06. The van der Waals surface area contributed by atoms with Crippen LogP contribution in [-0.4, -0.2) is 52.0 Å². The van der Waals surface area contributed by atoms with E-state index in [1.54, 1.807) is 24.5 Å². The number of carbonyl (C=O) groups is 1. The number of hydrogen-bond acceptors (Lipinski definition) is 7. The smallest absolute Gasteiger partial charge is 0.265 e. The van der Waals surface area contributed by atoms with Gasteiger partial charge in [-0.25, -0.2) is 18.9 Å². The Bertz CT molecular complexity index is 1120. The van der Waals surface area contributed by atoms with Gasteiger partial charge in [0.25, 0.3) is 5.91 Å². The summed E-state index contributed by atoms with van der Waals surface area (Å²) < 4.78 is 31.8. The number of amides is 1. The van der Waals surface area contributed by atoms with Gasteiger partial charge in [-0.05, 0) is 37.1 Å². The van der Waals surface area contributed by atoms with E-state index in [0.29, 0.717) is 17.1 Å². The monoisotopic (exact) mass is 428 g/mol. The summed E-state index contributed by atoms with van der Waals surface area (Å²) >= 11 is 0. The van der Waals surface area contributed by atoms with Crippen molar-refractivity contribution in [2.45, 2.75) is 22.5 Å². The Balaban J connectivity index is 1.63. The predicted molar refractivity (Wildman–Crippen MR) is 107 cm³/mol. The topological polar surface area (TPSA) is 123 Å². The number of hydrogen-bond donors (Lipinski definition) is 2. The molecule has 9 nitrogen and oxygen atoms in total. The highest BCUT2D eigenvalue weighted by Gasteiger charge is 2.52. The molecule has 0 radical (unpaired) electrons. The van der Waals surface area contributed by atoms with Crippen LogP contribution in [0.1, 0.15) is 12.8 Å². The Morgan fingerprint density at radius 2 is 1.73 bits per heavy atom. The number of carbonyl (C=O) groups excluding carboxylic acids is 1. The highest BCUT2D eigenvalue weighted by Crippen LogP contribution is 2.35. The Kier molecular flexibility index (Phi) is 5.37. The fourth-order valence-electron chi connectivity index (χ4n) is 3.54. The Morgan fingerprint density at radius 3 is 2.30 bits per heavy atom. The molecule has 1 aromatic carbocycles. The average molecular weight is 428 g/mol. The van der Waals surface area contributed by atoms with Gasteiger partial charge in [-0.2, -0.15) is 0 Å². The third-order valence-electron chi connectivity index (χ3n) is 5.30. The number of rotatable bonds is 5. The molecule has 3 aromatic rings. The molecular weight excluding hydrogens is 408 g/mol. The minimum absolute atomic E-state index is 0.00586. The molecule has 0 saturated carbocycles. The lowest BCUT2D eigenvalue weighted by Crippen LogP contribution is -2.54. The second-order valence-corrected chi connectivity index (χ2v) is 9.19. The minimum atomic E-state index is -4.06. The number of hydroxylamine groups is 1. The summed E-state index contributed by atoms with van der Waals surface area (Å²) in [4.78, 5) is 21.1. The summed E-state index contributed by atoms with van der Waals surface area (Å²) in [5.74, 6) is -0.277. The van der Waals surface area contributed by atoms with Crippen molar-refractivity contribution in [2.75, 3.05) is 13.2 Å². The van der Waals surface area contributed by atoms with Crippen LogP contribution in [0.4, 0.5) is 0 Å². The van der Waals surface area contributed by atoms with Gasteiger partial charge in [0.1, 0.15) is 0 Å². The van der Waals surface area contributed by atoms with Gasteiger partial charge in [0, 0.05) is 31.2 Å². The van der Waals surface area contributed by atoms with Gasteiger partial charge in [0.15, 0.2) is 20.4 Å². The van der Waals surface area contributed by atoms with Crippen LogP contribution in [0.5, 0.6) is 0 Å². The van der Waals surface area contributed by atoms with Crippen LogP contribution < -0.4 is 5.48 Å². The fourth-order valence-corrected chi connectivity index (χ4v) is 5.48. The molecule has 156 valence electrons. The molecule has 1 aliphatic heterocycles. The maximum atomic E-state index is 13.3. The normalized spacial score (nSPS) is 16.2. The number of nitrogens with one attached hydrogen (secondary N) is 1. The van der Waals surface area contributed by atoms with E-state index in [1.165, 1.54) is 17.6 Å². The van der Waals surface area contributed by atoms with Crippen molar-refractivity contribution in [3.8, 4) is 17.1 Å². The zero-order valence-electron chi connectivity index (χ0n) is 15.9. The van der Waals surface area contributed by atoms with Gasteiger partial charge in [0.2, 0.25) is 0 Å². The molecule has 0 spiro atoms. The number of nitrogens with zero attached hydrogens (tertiary/aromatic N) is 3. The van der Waals surface area contributed by atoms with Crippen LogP contribution in [0, 0.1) is 0 Å². The van der Waals surface area contributed by atoms with Crippen molar-refractivity contribution in [1.82, 2.24) is 20.0 Å². The number of ether oxygens (including phenoxy) is 1. The van der Waals surface area contributed by atoms with E-state index in [0.717, 1.165) is 0 Å². The third-order valence-corrected chi connectivity index (χ3v) is 7.81. The van der Waals surface area contributed by atoms with E-state index in [-0.39, 0.29) is 31.0 Å². The van der Waals surface area contributed by atoms with Crippen LogP contribution >= 0.6 is 0 Å². The molecule has 10 heteroatoms. The number of sulfone groups is 1. The number of benzene rings is 1. The first-order valence-electron chi connectivity index (χ1n) is 9.31. The molecule has 1 aliphatic rings. The van der Waals surface area contributed by atoms with Crippen molar-refractivity contribution in [1.29, 1.82) is 0 Å².